The van der Waals surface area contributed by atoms with Gasteiger partial charge in [-0.2, -0.15) is 0 Å². The molecular formula is C14H15N3O4S. The molecule has 8 heteroatoms. The van der Waals surface area contributed by atoms with Crippen molar-refractivity contribution in [3.63, 3.8) is 0 Å². The molecule has 0 unspecified atom stereocenters. The average molecular weight is 321 g/mol. The Morgan fingerprint density at radius 1 is 1.55 bits per heavy atom. The Kier molecular flexibility index (Phi) is 4.81. The highest BCUT2D eigenvalue weighted by Gasteiger charge is 2.31. The van der Waals surface area contributed by atoms with Gasteiger partial charge in [0.25, 0.3) is 5.69 Å². The Hall–Kier alpha value is -2.35. The van der Waals surface area contributed by atoms with Crippen LogP contribution in [0.1, 0.15) is 24.7 Å². The van der Waals surface area contributed by atoms with E-state index in [1.165, 1.54) is 23.9 Å². The molecular weight excluding hydrogens is 306 g/mol. The molecule has 0 spiro atoms. The molecule has 0 bridgehead atoms. The quantitative estimate of drug-likeness (QED) is 0.518. The number of esters is 1. The number of nitrogens with zero attached hydrogens (tertiary/aromatic N) is 2. The summed E-state index contributed by atoms with van der Waals surface area (Å²) in [5.74, 6) is -0.486. The number of benzene rings is 1. The van der Waals surface area contributed by atoms with Gasteiger partial charge in [-0.1, -0.05) is 23.9 Å². The Labute approximate surface area is 131 Å². The molecule has 0 saturated heterocycles. The van der Waals surface area contributed by atoms with Crippen molar-refractivity contribution in [3.8, 4) is 0 Å². The number of non-ortho nitro benzene ring substituents is 1. The van der Waals surface area contributed by atoms with E-state index in [4.69, 9.17) is 10.5 Å². The summed E-state index contributed by atoms with van der Waals surface area (Å²) in [7, 11) is 0. The van der Waals surface area contributed by atoms with Gasteiger partial charge in [0.05, 0.1) is 28.1 Å². The summed E-state index contributed by atoms with van der Waals surface area (Å²) in [5, 5.41) is 10.8. The molecule has 0 aliphatic carbocycles. The molecule has 2 rings (SSSR count). The van der Waals surface area contributed by atoms with Gasteiger partial charge in [0.2, 0.25) is 0 Å². The standard InChI is InChI=1S/C14H15N3O4S/c1-3-21-13(18)11-8(2)16-14(15)22-12(11)9-5-4-6-10(7-9)17(19)20/h4-7,12H,3H2,1-2H3,(H2,15,16)/t12-/m0/s1. The van der Waals surface area contributed by atoms with Gasteiger partial charge >= 0.3 is 5.97 Å². The van der Waals surface area contributed by atoms with E-state index in [0.717, 1.165) is 0 Å². The van der Waals surface area contributed by atoms with Crippen molar-refractivity contribution >= 4 is 28.6 Å². The maximum Gasteiger partial charge on any atom is 0.337 e. The zero-order valence-corrected chi connectivity index (χ0v) is 12.9. The highest BCUT2D eigenvalue weighted by Crippen LogP contribution is 2.42. The van der Waals surface area contributed by atoms with E-state index < -0.39 is 16.1 Å². The van der Waals surface area contributed by atoms with E-state index in [-0.39, 0.29) is 12.3 Å². The predicted octanol–water partition coefficient (Wildman–Crippen LogP) is 2.53. The third-order valence-electron chi connectivity index (χ3n) is 3.05. The number of nitro groups is 1. The van der Waals surface area contributed by atoms with E-state index >= 15 is 0 Å². The third kappa shape index (κ3) is 3.28. The van der Waals surface area contributed by atoms with Gasteiger partial charge < -0.3 is 10.5 Å². The summed E-state index contributed by atoms with van der Waals surface area (Å²) in [5.41, 5.74) is 7.18. The highest BCUT2D eigenvalue weighted by molar-refractivity contribution is 8.14. The number of hydrogen-bond donors (Lipinski definition) is 1. The van der Waals surface area contributed by atoms with Crippen molar-refractivity contribution in [2.45, 2.75) is 19.1 Å². The van der Waals surface area contributed by atoms with Gasteiger partial charge in [0.15, 0.2) is 5.17 Å². The van der Waals surface area contributed by atoms with Gasteiger partial charge in [-0.05, 0) is 19.4 Å². The Morgan fingerprint density at radius 3 is 2.91 bits per heavy atom. The van der Waals surface area contributed by atoms with Crippen LogP contribution >= 0.6 is 11.8 Å². The Balaban J connectivity index is 2.48. The van der Waals surface area contributed by atoms with E-state index in [2.05, 4.69) is 4.99 Å². The molecule has 0 fully saturated rings. The summed E-state index contributed by atoms with van der Waals surface area (Å²) in [6.45, 7) is 3.62. The number of hydrogen-bond acceptors (Lipinski definition) is 7. The highest BCUT2D eigenvalue weighted by atomic mass is 32.2. The molecule has 1 aliphatic heterocycles. The molecule has 7 nitrogen and oxygen atoms in total. The van der Waals surface area contributed by atoms with Crippen molar-refractivity contribution < 1.29 is 14.5 Å². The number of amidine groups is 1. The monoisotopic (exact) mass is 321 g/mol. The Morgan fingerprint density at radius 2 is 2.27 bits per heavy atom. The maximum absolute atomic E-state index is 12.2. The zero-order chi connectivity index (χ0) is 16.3. The number of carbonyl (C=O) groups is 1. The number of allylic oxidation sites excluding steroid dienone is 1. The minimum absolute atomic E-state index is 0.0416. The van der Waals surface area contributed by atoms with Crippen LogP contribution in [0.3, 0.4) is 0 Å². The SMILES string of the molecule is CCOC(=O)C1=C(C)N=C(N)S[C@H]1c1cccc([N+](=O)[O-])c1. The van der Waals surface area contributed by atoms with Gasteiger partial charge in [-0.3, -0.25) is 10.1 Å². The number of ether oxygens (including phenoxy) is 1. The second-order valence-electron chi connectivity index (χ2n) is 4.52. The lowest BCUT2D eigenvalue weighted by Gasteiger charge is -2.23. The molecule has 1 heterocycles. The fourth-order valence-electron chi connectivity index (χ4n) is 2.12. The number of rotatable bonds is 4. The van der Waals surface area contributed by atoms with E-state index in [0.29, 0.717) is 22.0 Å². The molecule has 1 aromatic carbocycles. The number of aliphatic imine (C=N–C) groups is 1. The molecule has 0 radical (unpaired) electrons. The van der Waals surface area contributed by atoms with Crippen LogP contribution in [0.15, 0.2) is 40.5 Å². The first-order valence-corrected chi connectivity index (χ1v) is 7.45. The minimum atomic E-state index is -0.486. The largest absolute Gasteiger partial charge is 0.463 e. The average Bonchev–Trinajstić information content (AvgIpc) is 2.46. The molecule has 1 aromatic rings. The number of nitro benzene ring substituents is 1. The van der Waals surface area contributed by atoms with E-state index in [1.54, 1.807) is 26.0 Å². The molecule has 22 heavy (non-hydrogen) atoms. The van der Waals surface area contributed by atoms with Crippen LogP contribution in [0.5, 0.6) is 0 Å². The topological polar surface area (TPSA) is 108 Å². The lowest BCUT2D eigenvalue weighted by atomic mass is 10.0. The molecule has 0 saturated carbocycles. The molecule has 1 aliphatic rings. The number of nitrogens with two attached hydrogens (primary N) is 1. The van der Waals surface area contributed by atoms with Crippen molar-refractivity contribution in [3.05, 3.63) is 51.2 Å². The first-order chi connectivity index (χ1) is 10.4. The van der Waals surface area contributed by atoms with Gasteiger partial charge in [-0.25, -0.2) is 9.79 Å². The zero-order valence-electron chi connectivity index (χ0n) is 12.1. The van der Waals surface area contributed by atoms with Crippen LogP contribution in [-0.4, -0.2) is 22.7 Å². The third-order valence-corrected chi connectivity index (χ3v) is 4.12. The van der Waals surface area contributed by atoms with Crippen LogP contribution in [-0.2, 0) is 9.53 Å². The smallest absolute Gasteiger partial charge is 0.337 e. The van der Waals surface area contributed by atoms with Crippen LogP contribution in [0, 0.1) is 10.1 Å². The van der Waals surface area contributed by atoms with Crippen LogP contribution in [0.4, 0.5) is 5.69 Å². The van der Waals surface area contributed by atoms with E-state index in [9.17, 15) is 14.9 Å². The normalized spacial score (nSPS) is 17.9. The fraction of sp³-hybridized carbons (Fsp3) is 0.286. The Bertz CT molecular complexity index is 684. The summed E-state index contributed by atoms with van der Waals surface area (Å²) in [6, 6.07) is 6.13. The van der Waals surface area contributed by atoms with Gasteiger partial charge in [-0.15, -0.1) is 0 Å². The van der Waals surface area contributed by atoms with Crippen molar-refractivity contribution in [2.24, 2.45) is 10.7 Å². The maximum atomic E-state index is 12.2. The van der Waals surface area contributed by atoms with Crippen molar-refractivity contribution in [1.82, 2.24) is 0 Å². The first-order valence-electron chi connectivity index (χ1n) is 6.57. The van der Waals surface area contributed by atoms with Crippen LogP contribution in [0.2, 0.25) is 0 Å². The van der Waals surface area contributed by atoms with Crippen molar-refractivity contribution in [2.75, 3.05) is 6.61 Å². The summed E-state index contributed by atoms with van der Waals surface area (Å²) in [6.07, 6.45) is 0. The van der Waals surface area contributed by atoms with Crippen molar-refractivity contribution in [1.29, 1.82) is 0 Å². The number of thioether (sulfide) groups is 1. The molecule has 0 amide bonds. The lowest BCUT2D eigenvalue weighted by molar-refractivity contribution is -0.384. The lowest BCUT2D eigenvalue weighted by Crippen LogP contribution is -2.22. The fourth-order valence-corrected chi connectivity index (χ4v) is 3.22. The number of carbonyl (C=O) groups excluding carboxylic acids is 1. The first kappa shape index (κ1) is 16.0. The predicted molar refractivity (Wildman–Crippen MR) is 84.4 cm³/mol. The van der Waals surface area contributed by atoms with E-state index in [1.807, 2.05) is 0 Å². The minimum Gasteiger partial charge on any atom is -0.463 e. The van der Waals surface area contributed by atoms with Gasteiger partial charge in [0.1, 0.15) is 0 Å². The van der Waals surface area contributed by atoms with Crippen LogP contribution < -0.4 is 5.73 Å². The summed E-state index contributed by atoms with van der Waals surface area (Å²) in [4.78, 5) is 26.7. The second-order valence-corrected chi connectivity index (χ2v) is 5.64. The van der Waals surface area contributed by atoms with Gasteiger partial charge in [0, 0.05) is 12.1 Å². The second kappa shape index (κ2) is 6.61. The summed E-state index contributed by atoms with van der Waals surface area (Å²) >= 11 is 1.17. The molecule has 0 aromatic heterocycles. The molecule has 2 N–H and O–H groups in total. The molecule has 1 atom stereocenters. The molecule has 116 valence electrons. The summed E-state index contributed by atoms with van der Waals surface area (Å²) < 4.78 is 5.06. The van der Waals surface area contributed by atoms with Crippen LogP contribution in [0.25, 0.3) is 0 Å².